The normalized spacial score (nSPS) is 16.7. The fourth-order valence-corrected chi connectivity index (χ4v) is 4.32. The number of imidazole rings is 1. The Bertz CT molecular complexity index is 1280. The van der Waals surface area contributed by atoms with Crippen molar-refractivity contribution in [1.29, 1.82) is 0 Å². The zero-order chi connectivity index (χ0) is 20.0. The Labute approximate surface area is 167 Å². The van der Waals surface area contributed by atoms with E-state index in [0.29, 0.717) is 31.0 Å². The van der Waals surface area contributed by atoms with E-state index in [4.69, 9.17) is 0 Å². The summed E-state index contributed by atoms with van der Waals surface area (Å²) in [5.74, 6) is -0.0930. The molecule has 1 unspecified atom stereocenters. The molecule has 1 aliphatic rings. The highest BCUT2D eigenvalue weighted by molar-refractivity contribution is 6.05. The minimum absolute atomic E-state index is 0.0659. The number of hydrogen-bond donors (Lipinski definition) is 0. The molecule has 4 heterocycles. The summed E-state index contributed by atoms with van der Waals surface area (Å²) in [5, 5.41) is 1.85. The molecule has 1 saturated heterocycles. The third-order valence-corrected chi connectivity index (χ3v) is 5.73. The second-order valence-corrected chi connectivity index (χ2v) is 7.32. The largest absolute Gasteiger partial charge is 0.335 e. The Morgan fingerprint density at radius 1 is 1.10 bits per heavy atom. The Balaban J connectivity index is 1.50. The molecule has 1 amide bonds. The van der Waals surface area contributed by atoms with Crippen LogP contribution < -0.4 is 5.69 Å². The van der Waals surface area contributed by atoms with E-state index in [0.717, 1.165) is 22.7 Å². The summed E-state index contributed by atoms with van der Waals surface area (Å²) >= 11 is 0. The first-order valence-electron chi connectivity index (χ1n) is 9.88. The van der Waals surface area contributed by atoms with E-state index in [-0.39, 0.29) is 17.6 Å². The van der Waals surface area contributed by atoms with Gasteiger partial charge in [-0.3, -0.25) is 18.9 Å². The Hall–Kier alpha value is -3.48. The first-order valence-corrected chi connectivity index (χ1v) is 9.88. The lowest BCUT2D eigenvalue weighted by Crippen LogP contribution is -2.32. The van der Waals surface area contributed by atoms with E-state index in [1.165, 1.54) is 0 Å². The average molecular weight is 387 g/mol. The standard InChI is InChI=1S/C22H21N5O2/c1-2-26-18-8-5-11-24-20(18)27(22(26)29)16-10-13-25(14-16)21(28)19-17-7-4-3-6-15(17)9-12-23-19/h3-9,11-12,16H,2,10,13-14H2,1H3. The van der Waals surface area contributed by atoms with Crippen molar-refractivity contribution in [3.63, 3.8) is 0 Å². The number of aryl methyl sites for hydroxylation is 1. The van der Waals surface area contributed by atoms with Crippen molar-refractivity contribution in [2.75, 3.05) is 13.1 Å². The molecule has 1 fully saturated rings. The van der Waals surface area contributed by atoms with E-state index >= 15 is 0 Å². The van der Waals surface area contributed by atoms with Crippen molar-refractivity contribution >= 4 is 27.8 Å². The van der Waals surface area contributed by atoms with Crippen molar-refractivity contribution in [1.82, 2.24) is 24.0 Å². The summed E-state index contributed by atoms with van der Waals surface area (Å²) in [6.45, 7) is 3.60. The van der Waals surface area contributed by atoms with Crippen LogP contribution >= 0.6 is 0 Å². The van der Waals surface area contributed by atoms with Gasteiger partial charge in [-0.1, -0.05) is 24.3 Å². The minimum atomic E-state index is -0.0930. The highest BCUT2D eigenvalue weighted by Gasteiger charge is 2.32. The van der Waals surface area contributed by atoms with Gasteiger partial charge in [-0.25, -0.2) is 9.78 Å². The zero-order valence-electron chi connectivity index (χ0n) is 16.2. The number of pyridine rings is 2. The van der Waals surface area contributed by atoms with Gasteiger partial charge in [0.25, 0.3) is 5.91 Å². The molecule has 7 heteroatoms. The molecule has 3 aromatic heterocycles. The van der Waals surface area contributed by atoms with Gasteiger partial charge in [0, 0.05) is 37.4 Å². The third-order valence-electron chi connectivity index (χ3n) is 5.73. The molecule has 0 radical (unpaired) electrons. The predicted octanol–water partition coefficient (Wildman–Crippen LogP) is 2.85. The molecule has 0 saturated carbocycles. The van der Waals surface area contributed by atoms with Gasteiger partial charge in [0.1, 0.15) is 5.69 Å². The molecule has 4 aromatic rings. The van der Waals surface area contributed by atoms with Crippen LogP contribution in [0.3, 0.4) is 0 Å². The Kier molecular flexibility index (Phi) is 4.16. The first kappa shape index (κ1) is 17.6. The second kappa shape index (κ2) is 6.84. The molecule has 0 N–H and O–H groups in total. The van der Waals surface area contributed by atoms with Crippen molar-refractivity contribution in [3.8, 4) is 0 Å². The highest BCUT2D eigenvalue weighted by Crippen LogP contribution is 2.26. The smallest absolute Gasteiger partial charge is 0.330 e. The summed E-state index contributed by atoms with van der Waals surface area (Å²) in [4.78, 5) is 36.8. The molecule has 0 aliphatic carbocycles. The van der Waals surface area contributed by atoms with Gasteiger partial charge in [0.15, 0.2) is 5.65 Å². The molecule has 1 atom stereocenters. The Morgan fingerprint density at radius 3 is 2.83 bits per heavy atom. The lowest BCUT2D eigenvalue weighted by Gasteiger charge is -2.17. The van der Waals surface area contributed by atoms with E-state index < -0.39 is 0 Å². The number of nitrogens with zero attached hydrogens (tertiary/aromatic N) is 5. The van der Waals surface area contributed by atoms with Crippen LogP contribution in [-0.2, 0) is 6.54 Å². The highest BCUT2D eigenvalue weighted by atomic mass is 16.2. The van der Waals surface area contributed by atoms with Gasteiger partial charge >= 0.3 is 5.69 Å². The molecule has 1 aromatic carbocycles. The number of amides is 1. The van der Waals surface area contributed by atoms with E-state index in [1.54, 1.807) is 26.4 Å². The third kappa shape index (κ3) is 2.73. The maximum absolute atomic E-state index is 13.2. The number of likely N-dealkylation sites (tertiary alicyclic amines) is 1. The number of carbonyl (C=O) groups excluding carboxylic acids is 1. The maximum atomic E-state index is 13.2. The van der Waals surface area contributed by atoms with E-state index in [2.05, 4.69) is 9.97 Å². The van der Waals surface area contributed by atoms with Crippen LogP contribution in [0.1, 0.15) is 29.9 Å². The van der Waals surface area contributed by atoms with Crippen LogP contribution in [0.25, 0.3) is 21.9 Å². The molecule has 0 spiro atoms. The van der Waals surface area contributed by atoms with Gasteiger partial charge < -0.3 is 4.90 Å². The fraction of sp³-hybridized carbons (Fsp3) is 0.273. The number of benzene rings is 1. The van der Waals surface area contributed by atoms with Crippen molar-refractivity contribution in [2.45, 2.75) is 25.9 Å². The monoisotopic (exact) mass is 387 g/mol. The lowest BCUT2D eigenvalue weighted by atomic mass is 10.1. The molecule has 5 rings (SSSR count). The van der Waals surface area contributed by atoms with Crippen LogP contribution in [0, 0.1) is 0 Å². The molecular formula is C22H21N5O2. The molecule has 0 bridgehead atoms. The Morgan fingerprint density at radius 2 is 1.97 bits per heavy atom. The predicted molar refractivity (Wildman–Crippen MR) is 111 cm³/mol. The lowest BCUT2D eigenvalue weighted by molar-refractivity contribution is 0.0784. The van der Waals surface area contributed by atoms with Gasteiger partial charge in [-0.2, -0.15) is 0 Å². The van der Waals surface area contributed by atoms with Crippen molar-refractivity contribution < 1.29 is 4.79 Å². The van der Waals surface area contributed by atoms with Crippen LogP contribution in [0.2, 0.25) is 0 Å². The summed E-state index contributed by atoms with van der Waals surface area (Å²) in [6.07, 6.45) is 4.10. The quantitative estimate of drug-likeness (QED) is 0.542. The summed E-state index contributed by atoms with van der Waals surface area (Å²) < 4.78 is 3.49. The van der Waals surface area contributed by atoms with E-state index in [1.807, 2.05) is 49.4 Å². The van der Waals surface area contributed by atoms with Crippen LogP contribution in [0.15, 0.2) is 59.7 Å². The molecule has 1 aliphatic heterocycles. The van der Waals surface area contributed by atoms with Crippen molar-refractivity contribution in [3.05, 3.63) is 71.0 Å². The van der Waals surface area contributed by atoms with Crippen LogP contribution in [0.4, 0.5) is 0 Å². The van der Waals surface area contributed by atoms with Gasteiger partial charge in [-0.05, 0) is 36.9 Å². The topological polar surface area (TPSA) is 73.0 Å². The minimum Gasteiger partial charge on any atom is -0.335 e. The van der Waals surface area contributed by atoms with Crippen LogP contribution in [0.5, 0.6) is 0 Å². The number of fused-ring (bicyclic) bond motifs is 2. The van der Waals surface area contributed by atoms with Gasteiger partial charge in [0.2, 0.25) is 0 Å². The van der Waals surface area contributed by atoms with Crippen molar-refractivity contribution in [2.24, 2.45) is 0 Å². The molecule has 146 valence electrons. The molecule has 29 heavy (non-hydrogen) atoms. The number of hydrogen-bond acceptors (Lipinski definition) is 4. The fourth-order valence-electron chi connectivity index (χ4n) is 4.32. The molecular weight excluding hydrogens is 366 g/mol. The van der Waals surface area contributed by atoms with Gasteiger partial charge in [-0.15, -0.1) is 0 Å². The zero-order valence-corrected chi connectivity index (χ0v) is 16.2. The van der Waals surface area contributed by atoms with E-state index in [9.17, 15) is 9.59 Å². The SMILES string of the molecule is CCn1c(=O)n(C2CCN(C(=O)c3nccc4ccccc34)C2)c2ncccc21. The maximum Gasteiger partial charge on any atom is 0.330 e. The number of rotatable bonds is 3. The van der Waals surface area contributed by atoms with Crippen LogP contribution in [-0.4, -0.2) is 43.0 Å². The average Bonchev–Trinajstić information content (AvgIpc) is 3.34. The summed E-state index contributed by atoms with van der Waals surface area (Å²) in [7, 11) is 0. The van der Waals surface area contributed by atoms with Gasteiger partial charge in [0.05, 0.1) is 11.6 Å². The number of carbonyl (C=O) groups is 1. The first-order chi connectivity index (χ1) is 14.2. The number of aromatic nitrogens is 4. The molecule has 7 nitrogen and oxygen atoms in total. The second-order valence-electron chi connectivity index (χ2n) is 7.32. The summed E-state index contributed by atoms with van der Waals surface area (Å²) in [6, 6.07) is 13.3. The summed E-state index contributed by atoms with van der Waals surface area (Å²) in [5.41, 5.74) is 1.91.